The van der Waals surface area contributed by atoms with Gasteiger partial charge in [-0.15, -0.1) is 0 Å². The molecule has 0 bridgehead atoms. The molecule has 2 rings (SSSR count). The molecule has 2 unspecified atom stereocenters. The zero-order valence-corrected chi connectivity index (χ0v) is 11.0. The van der Waals surface area contributed by atoms with Crippen LogP contribution in [-0.4, -0.2) is 28.2 Å². The van der Waals surface area contributed by atoms with Gasteiger partial charge in [-0.3, -0.25) is 14.5 Å². The van der Waals surface area contributed by atoms with Crippen LogP contribution in [0.15, 0.2) is 0 Å². The number of likely N-dealkylation sites (tertiary alicyclic amines) is 1. The molecule has 94 valence electrons. The van der Waals surface area contributed by atoms with Gasteiger partial charge >= 0.3 is 0 Å². The van der Waals surface area contributed by atoms with Crippen LogP contribution >= 0.6 is 12.2 Å². The first-order valence-corrected chi connectivity index (χ1v) is 6.41. The number of carbonyl (C=O) groups is 2. The van der Waals surface area contributed by atoms with Crippen LogP contribution < -0.4 is 5.73 Å². The number of nitrogens with two attached hydrogens (primary N) is 1. The summed E-state index contributed by atoms with van der Waals surface area (Å²) in [6, 6.07) is 0. The van der Waals surface area contributed by atoms with E-state index >= 15 is 0 Å². The number of imide groups is 1. The summed E-state index contributed by atoms with van der Waals surface area (Å²) in [5.41, 5.74) is 5.28. The van der Waals surface area contributed by atoms with Gasteiger partial charge in [-0.05, 0) is 24.7 Å². The lowest BCUT2D eigenvalue weighted by atomic mass is 10.1. The number of fused-ring (bicyclic) bond motifs is 1. The Morgan fingerprint density at radius 2 is 1.82 bits per heavy atom. The minimum absolute atomic E-state index is 0.0142. The summed E-state index contributed by atoms with van der Waals surface area (Å²) < 4.78 is 0. The zero-order chi connectivity index (χ0) is 12.8. The van der Waals surface area contributed by atoms with E-state index in [2.05, 4.69) is 0 Å². The van der Waals surface area contributed by atoms with Crippen LogP contribution in [0.2, 0.25) is 0 Å². The molecule has 1 heterocycles. The van der Waals surface area contributed by atoms with Crippen LogP contribution in [0.5, 0.6) is 0 Å². The van der Waals surface area contributed by atoms with Crippen molar-refractivity contribution in [3.8, 4) is 0 Å². The predicted molar refractivity (Wildman–Crippen MR) is 68.1 cm³/mol. The van der Waals surface area contributed by atoms with Gasteiger partial charge in [0.1, 0.15) is 0 Å². The third-order valence-corrected chi connectivity index (χ3v) is 4.15. The second kappa shape index (κ2) is 4.05. The average molecular weight is 254 g/mol. The molecule has 2 aliphatic rings. The van der Waals surface area contributed by atoms with Gasteiger partial charge in [0.05, 0.1) is 16.8 Å². The maximum atomic E-state index is 12.0. The van der Waals surface area contributed by atoms with Crippen molar-refractivity contribution in [2.24, 2.45) is 23.0 Å². The molecule has 2 fully saturated rings. The number of hydrogen-bond donors (Lipinski definition) is 1. The molecule has 2 amide bonds. The molecule has 0 aromatic carbocycles. The highest BCUT2D eigenvalue weighted by Crippen LogP contribution is 2.63. The quantitative estimate of drug-likeness (QED) is 0.453. The molecular weight excluding hydrogens is 236 g/mol. The Bertz CT molecular complexity index is 368. The van der Waals surface area contributed by atoms with Gasteiger partial charge in [-0.1, -0.05) is 26.1 Å². The molecule has 5 heteroatoms. The molecule has 1 saturated carbocycles. The second-order valence-corrected chi connectivity index (χ2v) is 6.05. The number of carbonyl (C=O) groups excluding carboxylic acids is 2. The number of unbranched alkanes of at least 4 members (excludes halogenated alkanes) is 1. The molecule has 1 aliphatic heterocycles. The highest BCUT2D eigenvalue weighted by Gasteiger charge is 2.72. The van der Waals surface area contributed by atoms with Gasteiger partial charge in [0.25, 0.3) is 0 Å². The van der Waals surface area contributed by atoms with Crippen molar-refractivity contribution in [3.05, 3.63) is 0 Å². The van der Waals surface area contributed by atoms with E-state index in [9.17, 15) is 9.59 Å². The molecule has 1 aliphatic carbocycles. The van der Waals surface area contributed by atoms with Crippen LogP contribution in [0.3, 0.4) is 0 Å². The normalized spacial score (nSPS) is 29.4. The molecule has 4 nitrogen and oxygen atoms in total. The van der Waals surface area contributed by atoms with Gasteiger partial charge in [0, 0.05) is 6.54 Å². The van der Waals surface area contributed by atoms with Crippen LogP contribution in [0.1, 0.15) is 33.1 Å². The first-order chi connectivity index (χ1) is 7.87. The summed E-state index contributed by atoms with van der Waals surface area (Å²) in [4.78, 5) is 25.8. The lowest BCUT2D eigenvalue weighted by Gasteiger charge is -2.20. The highest BCUT2D eigenvalue weighted by molar-refractivity contribution is 7.80. The van der Waals surface area contributed by atoms with Crippen molar-refractivity contribution < 1.29 is 9.59 Å². The summed E-state index contributed by atoms with van der Waals surface area (Å²) in [7, 11) is 0. The summed E-state index contributed by atoms with van der Waals surface area (Å²) in [6.45, 7) is 4.49. The number of nitrogens with zero attached hydrogens (tertiary/aromatic N) is 1. The molecule has 0 radical (unpaired) electrons. The first kappa shape index (κ1) is 12.5. The number of amides is 2. The number of hydrogen-bond acceptors (Lipinski definition) is 3. The van der Waals surface area contributed by atoms with E-state index < -0.39 is 0 Å². The van der Waals surface area contributed by atoms with Crippen molar-refractivity contribution in [1.29, 1.82) is 0 Å². The molecule has 2 atom stereocenters. The van der Waals surface area contributed by atoms with Crippen LogP contribution in [-0.2, 0) is 9.59 Å². The van der Waals surface area contributed by atoms with Crippen molar-refractivity contribution in [2.45, 2.75) is 33.1 Å². The van der Waals surface area contributed by atoms with E-state index in [1.165, 1.54) is 4.90 Å². The average Bonchev–Trinajstić information content (AvgIpc) is 2.68. The maximum Gasteiger partial charge on any atom is 0.233 e. The molecule has 1 saturated heterocycles. The van der Waals surface area contributed by atoms with Crippen molar-refractivity contribution in [2.75, 3.05) is 6.54 Å². The Morgan fingerprint density at radius 3 is 2.29 bits per heavy atom. The SMILES string of the molecule is CC1(C)C2C(=O)N(CCCCC(N)=S)C(=O)C21. The summed E-state index contributed by atoms with van der Waals surface area (Å²) in [5.74, 6) is -0.100. The van der Waals surface area contributed by atoms with Gasteiger partial charge in [-0.2, -0.15) is 0 Å². The van der Waals surface area contributed by atoms with Gasteiger partial charge in [0.15, 0.2) is 0 Å². The van der Waals surface area contributed by atoms with Crippen LogP contribution in [0, 0.1) is 17.3 Å². The third kappa shape index (κ3) is 1.97. The summed E-state index contributed by atoms with van der Waals surface area (Å²) in [5, 5.41) is 0. The van der Waals surface area contributed by atoms with Crippen molar-refractivity contribution in [1.82, 2.24) is 4.90 Å². The van der Waals surface area contributed by atoms with Crippen LogP contribution in [0.4, 0.5) is 0 Å². The van der Waals surface area contributed by atoms with Crippen LogP contribution in [0.25, 0.3) is 0 Å². The second-order valence-electron chi connectivity index (χ2n) is 5.53. The van der Waals surface area contributed by atoms with E-state index in [4.69, 9.17) is 18.0 Å². The van der Waals surface area contributed by atoms with E-state index in [1.54, 1.807) is 0 Å². The number of thiocarbonyl (C=S) groups is 1. The predicted octanol–water partition coefficient (Wildman–Crippen LogP) is 1.08. The third-order valence-electron chi connectivity index (χ3n) is 3.95. The molecule has 0 spiro atoms. The summed E-state index contributed by atoms with van der Waals surface area (Å²) >= 11 is 4.78. The topological polar surface area (TPSA) is 63.4 Å². The maximum absolute atomic E-state index is 12.0. The van der Waals surface area contributed by atoms with Gasteiger partial charge in [-0.25, -0.2) is 0 Å². The number of rotatable bonds is 5. The minimum atomic E-state index is -0.108. The Balaban J connectivity index is 1.83. The molecule has 0 aromatic rings. The monoisotopic (exact) mass is 254 g/mol. The van der Waals surface area contributed by atoms with Gasteiger partial charge < -0.3 is 5.73 Å². The standard InChI is InChI=1S/C12H18N2O2S/c1-12(2)8-9(12)11(16)14(10(8)15)6-4-3-5-7(13)17/h8-9H,3-6H2,1-2H3,(H2,13,17). The fourth-order valence-corrected chi connectivity index (χ4v) is 2.94. The highest BCUT2D eigenvalue weighted by atomic mass is 32.1. The minimum Gasteiger partial charge on any atom is -0.393 e. The Labute approximate surface area is 107 Å². The first-order valence-electron chi connectivity index (χ1n) is 6.01. The van der Waals surface area contributed by atoms with Crippen molar-refractivity contribution >= 4 is 29.0 Å². The number of piperidine rings is 1. The Hall–Kier alpha value is -0.970. The Morgan fingerprint density at radius 1 is 1.29 bits per heavy atom. The largest absolute Gasteiger partial charge is 0.393 e. The Kier molecular flexibility index (Phi) is 2.97. The zero-order valence-electron chi connectivity index (χ0n) is 10.2. The van der Waals surface area contributed by atoms with Gasteiger partial charge in [0.2, 0.25) is 11.8 Å². The van der Waals surface area contributed by atoms with E-state index in [-0.39, 0.29) is 29.1 Å². The summed E-state index contributed by atoms with van der Waals surface area (Å²) in [6.07, 6.45) is 2.31. The van der Waals surface area contributed by atoms with E-state index in [0.29, 0.717) is 18.0 Å². The van der Waals surface area contributed by atoms with Crippen molar-refractivity contribution in [3.63, 3.8) is 0 Å². The smallest absolute Gasteiger partial charge is 0.233 e. The lowest BCUT2D eigenvalue weighted by molar-refractivity contribution is -0.143. The molecular formula is C12H18N2O2S. The molecule has 2 N–H and O–H groups in total. The fourth-order valence-electron chi connectivity index (χ4n) is 2.79. The molecule has 0 aromatic heterocycles. The lowest BCUT2D eigenvalue weighted by Crippen LogP contribution is -2.37. The fraction of sp³-hybridized carbons (Fsp3) is 0.750. The molecule has 17 heavy (non-hydrogen) atoms. The van der Waals surface area contributed by atoms with E-state index in [0.717, 1.165) is 12.8 Å². The van der Waals surface area contributed by atoms with E-state index in [1.807, 2.05) is 13.8 Å².